The van der Waals surface area contributed by atoms with Crippen LogP contribution in [0.1, 0.15) is 23.8 Å². The van der Waals surface area contributed by atoms with Crippen LogP contribution in [0.3, 0.4) is 0 Å². The fraction of sp³-hybridized carbons (Fsp3) is 0.500. The second-order valence-corrected chi connectivity index (χ2v) is 4.39. The molecule has 0 radical (unpaired) electrons. The van der Waals surface area contributed by atoms with Gasteiger partial charge in [0.2, 0.25) is 0 Å². The van der Waals surface area contributed by atoms with E-state index in [1.54, 1.807) is 18.2 Å². The summed E-state index contributed by atoms with van der Waals surface area (Å²) in [7, 11) is 0. The third kappa shape index (κ3) is 2.96. The maximum absolute atomic E-state index is 11.9. The average molecular weight is 250 g/mol. The van der Waals surface area contributed by atoms with Crippen LogP contribution in [0.25, 0.3) is 0 Å². The van der Waals surface area contributed by atoms with Crippen LogP contribution in [0.15, 0.2) is 18.2 Å². The number of aromatic nitrogens is 1. The Labute approximate surface area is 106 Å². The maximum atomic E-state index is 11.9. The van der Waals surface area contributed by atoms with Gasteiger partial charge in [0.05, 0.1) is 6.10 Å². The van der Waals surface area contributed by atoms with Gasteiger partial charge >= 0.3 is 0 Å². The van der Waals surface area contributed by atoms with E-state index in [4.69, 9.17) is 10.6 Å². The van der Waals surface area contributed by atoms with Gasteiger partial charge in [0, 0.05) is 19.1 Å². The molecule has 1 aromatic rings. The molecule has 18 heavy (non-hydrogen) atoms. The molecule has 6 nitrogen and oxygen atoms in total. The summed E-state index contributed by atoms with van der Waals surface area (Å²) in [5.74, 6) is 5.91. The van der Waals surface area contributed by atoms with Gasteiger partial charge in [-0.3, -0.25) is 4.79 Å². The molecule has 4 N–H and O–H groups in total. The summed E-state index contributed by atoms with van der Waals surface area (Å²) in [6, 6.07) is 5.09. The van der Waals surface area contributed by atoms with Crippen molar-refractivity contribution in [2.45, 2.75) is 19.4 Å². The monoisotopic (exact) mass is 250 g/mol. The summed E-state index contributed by atoms with van der Waals surface area (Å²) in [5, 5.41) is 2.87. The fourth-order valence-corrected chi connectivity index (χ4v) is 2.00. The fourth-order valence-electron chi connectivity index (χ4n) is 2.00. The Hall–Kier alpha value is -1.66. The van der Waals surface area contributed by atoms with E-state index in [2.05, 4.69) is 15.7 Å². The van der Waals surface area contributed by atoms with Gasteiger partial charge in [-0.1, -0.05) is 6.07 Å². The summed E-state index contributed by atoms with van der Waals surface area (Å²) < 4.78 is 5.45. The number of hydrazine groups is 1. The number of carbonyl (C=O) groups is 1. The lowest BCUT2D eigenvalue weighted by Gasteiger charge is -2.14. The molecule has 0 saturated carbocycles. The first-order chi connectivity index (χ1) is 8.70. The first-order valence-corrected chi connectivity index (χ1v) is 6.04. The second-order valence-electron chi connectivity index (χ2n) is 4.39. The van der Waals surface area contributed by atoms with E-state index < -0.39 is 0 Å². The minimum Gasteiger partial charge on any atom is -0.378 e. The van der Waals surface area contributed by atoms with Crippen molar-refractivity contribution >= 4 is 11.7 Å². The van der Waals surface area contributed by atoms with Crippen molar-refractivity contribution in [2.24, 2.45) is 11.8 Å². The molecular weight excluding hydrogens is 232 g/mol. The lowest BCUT2D eigenvalue weighted by Crippen LogP contribution is -2.32. The Balaban J connectivity index is 1.90. The highest BCUT2D eigenvalue weighted by Crippen LogP contribution is 2.19. The molecule has 0 aliphatic carbocycles. The van der Waals surface area contributed by atoms with Gasteiger partial charge in [-0.15, -0.1) is 0 Å². The number of nitrogens with two attached hydrogens (primary N) is 1. The largest absolute Gasteiger partial charge is 0.378 e. The Morgan fingerprint density at radius 1 is 1.61 bits per heavy atom. The zero-order valence-corrected chi connectivity index (χ0v) is 10.3. The van der Waals surface area contributed by atoms with Crippen LogP contribution in [0.5, 0.6) is 0 Å². The summed E-state index contributed by atoms with van der Waals surface area (Å²) in [6.07, 6.45) is 1.19. The smallest absolute Gasteiger partial charge is 0.269 e. The van der Waals surface area contributed by atoms with Crippen LogP contribution < -0.4 is 16.6 Å². The van der Waals surface area contributed by atoms with Crippen LogP contribution in [-0.4, -0.2) is 30.1 Å². The van der Waals surface area contributed by atoms with Crippen LogP contribution in [0, 0.1) is 5.92 Å². The van der Waals surface area contributed by atoms with Crippen molar-refractivity contribution in [3.63, 3.8) is 0 Å². The highest BCUT2D eigenvalue weighted by molar-refractivity contribution is 5.92. The molecule has 2 atom stereocenters. The summed E-state index contributed by atoms with van der Waals surface area (Å²) in [4.78, 5) is 16.0. The second kappa shape index (κ2) is 5.79. The number of nitrogen functional groups attached to an aromatic ring is 1. The summed E-state index contributed by atoms with van der Waals surface area (Å²) in [5.41, 5.74) is 2.77. The Bertz CT molecular complexity index is 424. The Morgan fingerprint density at radius 3 is 3.11 bits per heavy atom. The number of ether oxygens (including phenoxy) is 1. The topological polar surface area (TPSA) is 89.3 Å². The van der Waals surface area contributed by atoms with Crippen LogP contribution in [0.4, 0.5) is 5.82 Å². The van der Waals surface area contributed by atoms with Crippen molar-refractivity contribution in [1.29, 1.82) is 0 Å². The molecule has 1 aliphatic rings. The Morgan fingerprint density at radius 2 is 2.44 bits per heavy atom. The minimum atomic E-state index is -0.189. The van der Waals surface area contributed by atoms with Crippen molar-refractivity contribution in [1.82, 2.24) is 10.3 Å². The molecule has 0 aromatic carbocycles. The summed E-state index contributed by atoms with van der Waals surface area (Å²) in [6.45, 7) is 3.41. The first-order valence-electron chi connectivity index (χ1n) is 6.04. The molecule has 1 amide bonds. The van der Waals surface area contributed by atoms with E-state index in [0.29, 0.717) is 24.0 Å². The van der Waals surface area contributed by atoms with E-state index in [0.717, 1.165) is 13.0 Å². The number of hydrogen-bond acceptors (Lipinski definition) is 5. The van der Waals surface area contributed by atoms with Gasteiger partial charge in [0.15, 0.2) is 0 Å². The van der Waals surface area contributed by atoms with Crippen LogP contribution in [-0.2, 0) is 4.74 Å². The van der Waals surface area contributed by atoms with Crippen molar-refractivity contribution in [3.8, 4) is 0 Å². The number of carbonyl (C=O) groups excluding carboxylic acids is 1. The van der Waals surface area contributed by atoms with E-state index in [1.807, 2.05) is 6.92 Å². The van der Waals surface area contributed by atoms with Gasteiger partial charge in [-0.05, 0) is 25.5 Å². The molecular formula is C12H18N4O2. The third-order valence-corrected chi connectivity index (χ3v) is 3.19. The van der Waals surface area contributed by atoms with Crippen LogP contribution >= 0.6 is 0 Å². The van der Waals surface area contributed by atoms with Gasteiger partial charge < -0.3 is 15.5 Å². The number of nitrogens with one attached hydrogen (secondary N) is 2. The highest BCUT2D eigenvalue weighted by Gasteiger charge is 2.24. The van der Waals surface area contributed by atoms with Gasteiger partial charge in [-0.2, -0.15) is 0 Å². The number of amides is 1. The molecule has 2 heterocycles. The molecule has 1 fully saturated rings. The maximum Gasteiger partial charge on any atom is 0.269 e. The highest BCUT2D eigenvalue weighted by atomic mass is 16.5. The molecule has 1 aliphatic heterocycles. The number of rotatable bonds is 4. The van der Waals surface area contributed by atoms with E-state index in [9.17, 15) is 4.79 Å². The molecule has 1 saturated heterocycles. The third-order valence-electron chi connectivity index (χ3n) is 3.19. The van der Waals surface area contributed by atoms with Crippen LogP contribution in [0.2, 0.25) is 0 Å². The van der Waals surface area contributed by atoms with Crippen molar-refractivity contribution in [3.05, 3.63) is 23.9 Å². The Kier molecular flexibility index (Phi) is 4.11. The molecule has 98 valence electrons. The zero-order valence-electron chi connectivity index (χ0n) is 10.3. The molecule has 0 spiro atoms. The minimum absolute atomic E-state index is 0.189. The van der Waals surface area contributed by atoms with E-state index in [-0.39, 0.29) is 12.0 Å². The molecule has 1 aromatic heterocycles. The number of anilines is 1. The van der Waals surface area contributed by atoms with Gasteiger partial charge in [0.25, 0.3) is 5.91 Å². The average Bonchev–Trinajstić information content (AvgIpc) is 2.81. The van der Waals surface area contributed by atoms with Crippen molar-refractivity contribution in [2.75, 3.05) is 18.6 Å². The standard InChI is InChI=1S/C12H18N4O2/c1-8-9(5-6-18-8)7-14-12(17)10-3-2-4-11(15-10)16-13/h2-4,8-9H,5-7,13H2,1H3,(H,14,17)(H,15,16). The zero-order chi connectivity index (χ0) is 13.0. The quantitative estimate of drug-likeness (QED) is 0.535. The number of hydrogen-bond donors (Lipinski definition) is 3. The number of nitrogens with zero attached hydrogens (tertiary/aromatic N) is 1. The molecule has 2 unspecified atom stereocenters. The molecule has 6 heteroatoms. The number of pyridine rings is 1. The first kappa shape index (κ1) is 12.8. The lowest BCUT2D eigenvalue weighted by atomic mass is 10.0. The van der Waals surface area contributed by atoms with E-state index >= 15 is 0 Å². The summed E-state index contributed by atoms with van der Waals surface area (Å²) >= 11 is 0. The predicted octanol–water partition coefficient (Wildman–Crippen LogP) is 0.522. The lowest BCUT2D eigenvalue weighted by molar-refractivity contribution is 0.0903. The van der Waals surface area contributed by atoms with Gasteiger partial charge in [0.1, 0.15) is 11.5 Å². The SMILES string of the molecule is CC1OCCC1CNC(=O)c1cccc(NN)n1. The predicted molar refractivity (Wildman–Crippen MR) is 67.9 cm³/mol. The molecule has 0 bridgehead atoms. The normalized spacial score (nSPS) is 22.8. The molecule has 2 rings (SSSR count). The van der Waals surface area contributed by atoms with E-state index in [1.165, 1.54) is 0 Å². The van der Waals surface area contributed by atoms with Gasteiger partial charge in [-0.25, -0.2) is 10.8 Å². The van der Waals surface area contributed by atoms with Crippen molar-refractivity contribution < 1.29 is 9.53 Å².